The van der Waals surface area contributed by atoms with Crippen LogP contribution in [0.4, 0.5) is 0 Å². The molecule has 0 amide bonds. The number of para-hydroxylation sites is 1. The summed E-state index contributed by atoms with van der Waals surface area (Å²) in [6, 6.07) is 18.3. The zero-order valence-corrected chi connectivity index (χ0v) is 20.1. The monoisotopic (exact) mass is 512 g/mol. The number of rotatable bonds is 10. The van der Waals surface area contributed by atoms with Crippen molar-refractivity contribution in [1.82, 2.24) is 15.5 Å². The summed E-state index contributed by atoms with van der Waals surface area (Å²) in [4.78, 5) is 6.50. The van der Waals surface area contributed by atoms with Crippen LogP contribution in [-0.2, 0) is 0 Å². The van der Waals surface area contributed by atoms with Crippen molar-refractivity contribution in [1.29, 1.82) is 0 Å². The Labute approximate surface area is 191 Å². The number of likely N-dealkylation sites (N-methyl/N-ethyl adjacent to an activating group) is 1. The van der Waals surface area contributed by atoms with Gasteiger partial charge in [-0.3, -0.25) is 4.99 Å². The molecule has 160 valence electrons. The molecule has 0 aliphatic heterocycles. The third-order valence-corrected chi connectivity index (χ3v) is 4.44. The summed E-state index contributed by atoms with van der Waals surface area (Å²) in [5.41, 5.74) is 1.23. The standard InChI is InChI=1S/C22H32N4O2.HI/c1-23-22(24-15-8-16-28-20-9-6-5-7-10-20)25-17-21(26(2)3)18-11-13-19(27-4)14-12-18;/h5-7,9-14,21H,8,15-17H2,1-4H3,(H2,23,24,25);1H. The summed E-state index contributed by atoms with van der Waals surface area (Å²) in [6.07, 6.45) is 0.894. The molecule has 0 radical (unpaired) electrons. The van der Waals surface area contributed by atoms with Crippen molar-refractivity contribution >= 4 is 29.9 Å². The first-order chi connectivity index (χ1) is 13.6. The molecule has 0 bridgehead atoms. The van der Waals surface area contributed by atoms with Crippen molar-refractivity contribution in [2.75, 3.05) is 47.9 Å². The van der Waals surface area contributed by atoms with E-state index >= 15 is 0 Å². The molecular formula is C22H33IN4O2. The van der Waals surface area contributed by atoms with E-state index in [1.165, 1.54) is 5.56 Å². The molecule has 0 aromatic heterocycles. The van der Waals surface area contributed by atoms with E-state index < -0.39 is 0 Å². The van der Waals surface area contributed by atoms with Crippen LogP contribution in [0.15, 0.2) is 59.6 Å². The number of hydrogen-bond donors (Lipinski definition) is 2. The second-order valence-electron chi connectivity index (χ2n) is 6.65. The Morgan fingerprint density at radius 3 is 2.28 bits per heavy atom. The van der Waals surface area contributed by atoms with Gasteiger partial charge in [0, 0.05) is 20.1 Å². The Morgan fingerprint density at radius 2 is 1.69 bits per heavy atom. The minimum absolute atomic E-state index is 0. The third-order valence-electron chi connectivity index (χ3n) is 4.44. The van der Waals surface area contributed by atoms with Gasteiger partial charge in [-0.2, -0.15) is 0 Å². The second kappa shape index (κ2) is 14.1. The number of nitrogens with one attached hydrogen (secondary N) is 2. The molecule has 0 heterocycles. The third kappa shape index (κ3) is 8.91. The van der Waals surface area contributed by atoms with E-state index in [0.717, 1.165) is 37.0 Å². The van der Waals surface area contributed by atoms with Gasteiger partial charge in [0.05, 0.1) is 19.8 Å². The lowest BCUT2D eigenvalue weighted by Crippen LogP contribution is -2.42. The van der Waals surface area contributed by atoms with Gasteiger partial charge in [0.1, 0.15) is 11.5 Å². The lowest BCUT2D eigenvalue weighted by Gasteiger charge is -2.26. The lowest BCUT2D eigenvalue weighted by molar-refractivity contribution is 0.297. The minimum atomic E-state index is 0. The molecule has 1 atom stereocenters. The Bertz CT molecular complexity index is 709. The van der Waals surface area contributed by atoms with Gasteiger partial charge in [0.15, 0.2) is 5.96 Å². The fraction of sp³-hybridized carbons (Fsp3) is 0.409. The van der Waals surface area contributed by atoms with E-state index in [9.17, 15) is 0 Å². The number of aliphatic imine (C=N–C) groups is 1. The van der Waals surface area contributed by atoms with E-state index in [1.807, 2.05) is 42.5 Å². The minimum Gasteiger partial charge on any atom is -0.497 e. The summed E-state index contributed by atoms with van der Waals surface area (Å²) in [5, 5.41) is 6.75. The van der Waals surface area contributed by atoms with Crippen LogP contribution in [0.25, 0.3) is 0 Å². The maximum Gasteiger partial charge on any atom is 0.191 e. The van der Waals surface area contributed by atoms with E-state index in [2.05, 4.69) is 46.8 Å². The summed E-state index contributed by atoms with van der Waals surface area (Å²) in [6.45, 7) is 2.21. The molecule has 6 nitrogen and oxygen atoms in total. The maximum atomic E-state index is 5.71. The fourth-order valence-electron chi connectivity index (χ4n) is 2.82. The number of ether oxygens (including phenoxy) is 2. The summed E-state index contributed by atoms with van der Waals surface area (Å²) >= 11 is 0. The highest BCUT2D eigenvalue weighted by Gasteiger charge is 2.14. The highest BCUT2D eigenvalue weighted by Crippen LogP contribution is 2.20. The smallest absolute Gasteiger partial charge is 0.191 e. The number of nitrogens with zero attached hydrogens (tertiary/aromatic N) is 2. The first kappa shape index (κ1) is 25.0. The quantitative estimate of drug-likeness (QED) is 0.221. The van der Waals surface area contributed by atoms with Crippen LogP contribution in [0.5, 0.6) is 11.5 Å². The summed E-state index contributed by atoms with van der Waals surface area (Å²) in [7, 11) is 7.62. The average molecular weight is 512 g/mol. The average Bonchev–Trinajstić information content (AvgIpc) is 2.73. The highest BCUT2D eigenvalue weighted by atomic mass is 127. The number of methoxy groups -OCH3 is 1. The fourth-order valence-corrected chi connectivity index (χ4v) is 2.82. The van der Waals surface area contributed by atoms with Gasteiger partial charge in [-0.05, 0) is 50.3 Å². The second-order valence-corrected chi connectivity index (χ2v) is 6.65. The number of hydrogen-bond acceptors (Lipinski definition) is 4. The first-order valence-corrected chi connectivity index (χ1v) is 9.56. The molecule has 1 unspecified atom stereocenters. The van der Waals surface area contributed by atoms with E-state index in [-0.39, 0.29) is 30.0 Å². The van der Waals surface area contributed by atoms with Crippen LogP contribution in [0.3, 0.4) is 0 Å². The largest absolute Gasteiger partial charge is 0.497 e. The topological polar surface area (TPSA) is 58.1 Å². The maximum absolute atomic E-state index is 5.71. The Balaban J connectivity index is 0.00000420. The van der Waals surface area contributed by atoms with Crippen molar-refractivity contribution in [3.05, 3.63) is 60.2 Å². The molecule has 2 aromatic rings. The molecule has 0 aliphatic rings. The predicted octanol–water partition coefficient (Wildman–Crippen LogP) is 3.55. The number of halogens is 1. The summed E-state index contributed by atoms with van der Waals surface area (Å²) in [5.74, 6) is 2.56. The van der Waals surface area contributed by atoms with Crippen molar-refractivity contribution < 1.29 is 9.47 Å². The van der Waals surface area contributed by atoms with Gasteiger partial charge < -0.3 is 25.0 Å². The van der Waals surface area contributed by atoms with E-state index in [0.29, 0.717) is 6.61 Å². The van der Waals surface area contributed by atoms with Crippen LogP contribution in [0.2, 0.25) is 0 Å². The van der Waals surface area contributed by atoms with Crippen molar-refractivity contribution in [3.63, 3.8) is 0 Å². The Morgan fingerprint density at radius 1 is 1.00 bits per heavy atom. The van der Waals surface area contributed by atoms with Gasteiger partial charge in [-0.15, -0.1) is 24.0 Å². The normalized spacial score (nSPS) is 12.1. The van der Waals surface area contributed by atoms with Gasteiger partial charge in [0.2, 0.25) is 0 Å². The lowest BCUT2D eigenvalue weighted by atomic mass is 10.1. The van der Waals surface area contributed by atoms with Crippen LogP contribution in [0, 0.1) is 0 Å². The zero-order valence-electron chi connectivity index (χ0n) is 17.7. The molecule has 2 aromatic carbocycles. The van der Waals surface area contributed by atoms with Gasteiger partial charge in [-0.25, -0.2) is 0 Å². The van der Waals surface area contributed by atoms with Gasteiger partial charge in [0.25, 0.3) is 0 Å². The van der Waals surface area contributed by atoms with Gasteiger partial charge in [-0.1, -0.05) is 30.3 Å². The van der Waals surface area contributed by atoms with Crippen molar-refractivity contribution in [2.24, 2.45) is 4.99 Å². The molecule has 0 spiro atoms. The SMILES string of the molecule is CN=C(NCCCOc1ccccc1)NCC(c1ccc(OC)cc1)N(C)C.I. The molecule has 2 rings (SSSR count). The highest BCUT2D eigenvalue weighted by molar-refractivity contribution is 14.0. The Hall–Kier alpha value is -2.00. The van der Waals surface area contributed by atoms with Crippen LogP contribution in [0.1, 0.15) is 18.0 Å². The van der Waals surface area contributed by atoms with Crippen LogP contribution < -0.4 is 20.1 Å². The molecule has 2 N–H and O–H groups in total. The molecule has 0 saturated carbocycles. The number of guanidine groups is 1. The molecule has 0 fully saturated rings. The van der Waals surface area contributed by atoms with Crippen LogP contribution >= 0.6 is 24.0 Å². The van der Waals surface area contributed by atoms with E-state index in [4.69, 9.17) is 9.47 Å². The van der Waals surface area contributed by atoms with Crippen molar-refractivity contribution in [3.8, 4) is 11.5 Å². The van der Waals surface area contributed by atoms with Crippen LogP contribution in [-0.4, -0.2) is 58.8 Å². The molecule has 29 heavy (non-hydrogen) atoms. The summed E-state index contributed by atoms with van der Waals surface area (Å²) < 4.78 is 11.0. The zero-order chi connectivity index (χ0) is 20.2. The molecule has 0 aliphatic carbocycles. The Kier molecular flexibility index (Phi) is 12.1. The molecular weight excluding hydrogens is 479 g/mol. The van der Waals surface area contributed by atoms with Gasteiger partial charge >= 0.3 is 0 Å². The van der Waals surface area contributed by atoms with Crippen molar-refractivity contribution in [2.45, 2.75) is 12.5 Å². The molecule has 0 saturated heterocycles. The van der Waals surface area contributed by atoms with E-state index in [1.54, 1.807) is 14.2 Å². The predicted molar refractivity (Wildman–Crippen MR) is 131 cm³/mol. The first-order valence-electron chi connectivity index (χ1n) is 9.56. The number of benzene rings is 2. The molecule has 7 heteroatoms.